The highest BCUT2D eigenvalue weighted by Gasteiger charge is 2.20. The van der Waals surface area contributed by atoms with Gasteiger partial charge in [-0.05, 0) is 70.4 Å². The first-order valence-corrected chi connectivity index (χ1v) is 10.7. The van der Waals surface area contributed by atoms with Crippen molar-refractivity contribution in [2.24, 2.45) is 0 Å². The summed E-state index contributed by atoms with van der Waals surface area (Å²) < 4.78 is 11.9. The van der Waals surface area contributed by atoms with E-state index >= 15 is 0 Å². The molecule has 1 saturated heterocycles. The van der Waals surface area contributed by atoms with E-state index in [9.17, 15) is 0 Å². The zero-order chi connectivity index (χ0) is 21.5. The van der Waals surface area contributed by atoms with E-state index in [-0.39, 0.29) is 12.2 Å². The molecular formula is C24H32N4O2. The third kappa shape index (κ3) is 6.64. The topological polar surface area (TPSA) is 70.4 Å². The van der Waals surface area contributed by atoms with Crippen LogP contribution < -0.4 is 14.8 Å². The molecule has 1 aliphatic heterocycles. The number of piperidine rings is 1. The van der Waals surface area contributed by atoms with Gasteiger partial charge in [-0.1, -0.05) is 0 Å². The number of nitrogens with one attached hydrogen (secondary N) is 1. The van der Waals surface area contributed by atoms with Gasteiger partial charge in [-0.2, -0.15) is 5.26 Å². The molecule has 1 fully saturated rings. The number of pyridine rings is 1. The summed E-state index contributed by atoms with van der Waals surface area (Å²) in [4.78, 5) is 6.79. The second-order valence-electron chi connectivity index (χ2n) is 8.38. The first-order valence-electron chi connectivity index (χ1n) is 10.7. The van der Waals surface area contributed by atoms with Gasteiger partial charge in [-0.25, -0.2) is 4.98 Å². The highest BCUT2D eigenvalue weighted by Crippen LogP contribution is 2.27. The normalized spacial score (nSPS) is 15.2. The second-order valence-corrected chi connectivity index (χ2v) is 8.38. The molecule has 1 aliphatic rings. The summed E-state index contributed by atoms with van der Waals surface area (Å²) in [5, 5.41) is 12.4. The van der Waals surface area contributed by atoms with Crippen LogP contribution in [0.3, 0.4) is 0 Å². The van der Waals surface area contributed by atoms with Gasteiger partial charge in [-0.3, -0.25) is 4.90 Å². The predicted molar refractivity (Wildman–Crippen MR) is 119 cm³/mol. The maximum Gasteiger partial charge on any atom is 0.126 e. The van der Waals surface area contributed by atoms with Crippen molar-refractivity contribution in [2.75, 3.05) is 18.4 Å². The minimum absolute atomic E-state index is 0.129. The standard InChI is InChI=1S/C24H32N4O2/c1-17(2)29-22-11-20(12-23(13-22)30-18(3)4)16-28-9-7-21(8-10-28)27-24-6-5-19(14-25)15-26-24/h5-6,11-13,15,17-18,21H,7-10,16H2,1-4H3,(H,26,27). The van der Waals surface area contributed by atoms with E-state index in [2.05, 4.69) is 33.4 Å². The molecule has 6 heteroatoms. The lowest BCUT2D eigenvalue weighted by Gasteiger charge is -2.32. The Morgan fingerprint density at radius 3 is 2.20 bits per heavy atom. The number of nitrogens with zero attached hydrogens (tertiary/aromatic N) is 3. The highest BCUT2D eigenvalue weighted by atomic mass is 16.5. The molecule has 0 radical (unpaired) electrons. The van der Waals surface area contributed by atoms with E-state index in [4.69, 9.17) is 14.7 Å². The van der Waals surface area contributed by atoms with Crippen molar-refractivity contribution in [3.63, 3.8) is 0 Å². The van der Waals surface area contributed by atoms with Crippen LogP contribution in [-0.2, 0) is 6.54 Å². The number of ether oxygens (including phenoxy) is 2. The summed E-state index contributed by atoms with van der Waals surface area (Å²) in [6, 6.07) is 12.4. The van der Waals surface area contributed by atoms with E-state index in [1.165, 1.54) is 5.56 Å². The van der Waals surface area contributed by atoms with Crippen molar-refractivity contribution in [1.29, 1.82) is 5.26 Å². The SMILES string of the molecule is CC(C)Oc1cc(CN2CCC(Nc3ccc(C#N)cn3)CC2)cc(OC(C)C)c1. The molecule has 0 atom stereocenters. The molecule has 0 bridgehead atoms. The van der Waals surface area contributed by atoms with Gasteiger partial charge < -0.3 is 14.8 Å². The zero-order valence-electron chi connectivity index (χ0n) is 18.4. The van der Waals surface area contributed by atoms with Crippen LogP contribution in [0.25, 0.3) is 0 Å². The fourth-order valence-electron chi connectivity index (χ4n) is 3.65. The molecule has 1 aromatic carbocycles. The van der Waals surface area contributed by atoms with Crippen molar-refractivity contribution in [1.82, 2.24) is 9.88 Å². The number of hydrogen-bond acceptors (Lipinski definition) is 6. The van der Waals surface area contributed by atoms with Crippen molar-refractivity contribution in [3.05, 3.63) is 47.7 Å². The molecule has 1 N–H and O–H groups in total. The molecular weight excluding hydrogens is 376 g/mol. The van der Waals surface area contributed by atoms with Crippen LogP contribution in [0.15, 0.2) is 36.5 Å². The Kier molecular flexibility index (Phi) is 7.53. The molecule has 6 nitrogen and oxygen atoms in total. The van der Waals surface area contributed by atoms with Gasteiger partial charge in [-0.15, -0.1) is 0 Å². The largest absolute Gasteiger partial charge is 0.491 e. The lowest BCUT2D eigenvalue weighted by molar-refractivity contribution is 0.207. The number of aromatic nitrogens is 1. The zero-order valence-corrected chi connectivity index (χ0v) is 18.4. The Morgan fingerprint density at radius 1 is 1.07 bits per heavy atom. The molecule has 2 aromatic rings. The lowest BCUT2D eigenvalue weighted by Crippen LogP contribution is -2.38. The number of likely N-dealkylation sites (tertiary alicyclic amines) is 1. The van der Waals surface area contributed by atoms with E-state index in [0.29, 0.717) is 11.6 Å². The van der Waals surface area contributed by atoms with Crippen LogP contribution in [0.1, 0.15) is 51.7 Å². The van der Waals surface area contributed by atoms with Gasteiger partial charge in [0.15, 0.2) is 0 Å². The molecule has 0 unspecified atom stereocenters. The fourth-order valence-corrected chi connectivity index (χ4v) is 3.65. The van der Waals surface area contributed by atoms with Crippen molar-refractivity contribution < 1.29 is 9.47 Å². The number of rotatable bonds is 8. The Bertz CT molecular complexity index is 822. The highest BCUT2D eigenvalue weighted by molar-refractivity contribution is 5.40. The number of anilines is 1. The predicted octanol–water partition coefficient (Wildman–Crippen LogP) is 4.60. The Balaban J connectivity index is 1.57. The molecule has 3 rings (SSSR count). The molecule has 0 amide bonds. The molecule has 1 aromatic heterocycles. The van der Waals surface area contributed by atoms with Gasteiger partial charge in [0.05, 0.1) is 17.8 Å². The summed E-state index contributed by atoms with van der Waals surface area (Å²) in [6.45, 7) is 11.1. The van der Waals surface area contributed by atoms with E-state index < -0.39 is 0 Å². The summed E-state index contributed by atoms with van der Waals surface area (Å²) in [5.41, 5.74) is 1.80. The van der Waals surface area contributed by atoms with Crippen molar-refractivity contribution in [2.45, 2.75) is 65.3 Å². The van der Waals surface area contributed by atoms with Crippen molar-refractivity contribution in [3.8, 4) is 17.6 Å². The number of benzene rings is 1. The summed E-state index contributed by atoms with van der Waals surface area (Å²) >= 11 is 0. The number of nitriles is 1. The summed E-state index contributed by atoms with van der Waals surface area (Å²) in [6.07, 6.45) is 3.98. The van der Waals surface area contributed by atoms with E-state index in [0.717, 1.165) is 49.8 Å². The third-order valence-corrected chi connectivity index (χ3v) is 4.92. The summed E-state index contributed by atoms with van der Waals surface area (Å²) in [7, 11) is 0. The minimum atomic E-state index is 0.129. The van der Waals surface area contributed by atoms with Gasteiger partial charge in [0, 0.05) is 37.9 Å². The third-order valence-electron chi connectivity index (χ3n) is 4.92. The van der Waals surface area contributed by atoms with Crippen LogP contribution in [-0.4, -0.2) is 41.2 Å². The first kappa shape index (κ1) is 21.9. The molecule has 0 spiro atoms. The molecule has 160 valence electrons. The quantitative estimate of drug-likeness (QED) is 0.688. The maximum absolute atomic E-state index is 8.89. The van der Waals surface area contributed by atoms with Gasteiger partial charge >= 0.3 is 0 Å². The van der Waals surface area contributed by atoms with E-state index in [1.807, 2.05) is 39.8 Å². The Morgan fingerprint density at radius 2 is 1.70 bits per heavy atom. The van der Waals surface area contributed by atoms with Crippen LogP contribution in [0.5, 0.6) is 11.5 Å². The smallest absolute Gasteiger partial charge is 0.126 e. The van der Waals surface area contributed by atoms with Crippen molar-refractivity contribution >= 4 is 5.82 Å². The first-order chi connectivity index (χ1) is 14.4. The average molecular weight is 409 g/mol. The number of hydrogen-bond donors (Lipinski definition) is 1. The van der Waals surface area contributed by atoms with Crippen LogP contribution in [0, 0.1) is 11.3 Å². The maximum atomic E-state index is 8.89. The molecule has 0 saturated carbocycles. The lowest BCUT2D eigenvalue weighted by atomic mass is 10.0. The van der Waals surface area contributed by atoms with Gasteiger partial charge in [0.1, 0.15) is 23.4 Å². The second kappa shape index (κ2) is 10.3. The molecule has 2 heterocycles. The monoisotopic (exact) mass is 408 g/mol. The molecule has 30 heavy (non-hydrogen) atoms. The summed E-state index contributed by atoms with van der Waals surface area (Å²) in [5.74, 6) is 2.56. The Labute approximate surface area is 179 Å². The van der Waals surface area contributed by atoms with Gasteiger partial charge in [0.25, 0.3) is 0 Å². The van der Waals surface area contributed by atoms with Crippen LogP contribution in [0.2, 0.25) is 0 Å². The average Bonchev–Trinajstić information content (AvgIpc) is 2.69. The van der Waals surface area contributed by atoms with Gasteiger partial charge in [0.2, 0.25) is 0 Å². The van der Waals surface area contributed by atoms with E-state index in [1.54, 1.807) is 12.3 Å². The Hall–Kier alpha value is -2.78. The fraction of sp³-hybridized carbons (Fsp3) is 0.500. The van der Waals surface area contributed by atoms with Crippen LogP contribution >= 0.6 is 0 Å². The minimum Gasteiger partial charge on any atom is -0.491 e. The molecule has 0 aliphatic carbocycles. The van der Waals surface area contributed by atoms with Crippen LogP contribution in [0.4, 0.5) is 5.82 Å².